The first-order chi connectivity index (χ1) is 20.0. The second-order valence-corrected chi connectivity index (χ2v) is 11.3. The summed E-state index contributed by atoms with van der Waals surface area (Å²) in [6.07, 6.45) is 5.73. The third-order valence-corrected chi connectivity index (χ3v) is 8.89. The number of aromatic nitrogens is 3. The lowest BCUT2D eigenvalue weighted by atomic mass is 9.84. The summed E-state index contributed by atoms with van der Waals surface area (Å²) in [6.45, 7) is 3.77. The number of ether oxygens (including phenoxy) is 1. The summed E-state index contributed by atoms with van der Waals surface area (Å²) in [4.78, 5) is 24.5. The highest BCUT2D eigenvalue weighted by Crippen LogP contribution is 2.38. The number of pyridine rings is 1. The third kappa shape index (κ3) is 5.52. The van der Waals surface area contributed by atoms with Crippen LogP contribution in [0.3, 0.4) is 0 Å². The zero-order valence-electron chi connectivity index (χ0n) is 24.2. The van der Waals surface area contributed by atoms with Crippen molar-refractivity contribution in [2.75, 3.05) is 57.6 Å². The molecule has 2 aromatic carbocycles. The maximum atomic E-state index is 13.1. The van der Waals surface area contributed by atoms with Crippen LogP contribution in [0.15, 0.2) is 72.9 Å². The Labute approximate surface area is 241 Å². The molecular weight excluding hydrogens is 514 g/mol. The van der Waals surface area contributed by atoms with Crippen LogP contribution in [0, 0.1) is 0 Å². The molecule has 214 valence electrons. The van der Waals surface area contributed by atoms with Crippen molar-refractivity contribution in [2.45, 2.75) is 37.3 Å². The summed E-state index contributed by atoms with van der Waals surface area (Å²) in [7, 11) is 5.87. The van der Waals surface area contributed by atoms with E-state index in [0.717, 1.165) is 68.9 Å². The van der Waals surface area contributed by atoms with Crippen LogP contribution in [0.1, 0.15) is 41.6 Å². The number of hydrogen-bond acceptors (Lipinski definition) is 7. The predicted octanol–water partition coefficient (Wildman–Crippen LogP) is 4.78. The summed E-state index contributed by atoms with van der Waals surface area (Å²) >= 11 is 0. The van der Waals surface area contributed by atoms with E-state index in [9.17, 15) is 4.79 Å². The van der Waals surface area contributed by atoms with Crippen molar-refractivity contribution in [1.82, 2.24) is 24.4 Å². The summed E-state index contributed by atoms with van der Waals surface area (Å²) < 4.78 is 7.90. The number of carbonyl (C=O) groups is 1. The van der Waals surface area contributed by atoms with E-state index >= 15 is 0 Å². The second kappa shape index (κ2) is 11.5. The van der Waals surface area contributed by atoms with Crippen LogP contribution in [0.25, 0.3) is 5.65 Å². The van der Waals surface area contributed by atoms with Crippen LogP contribution in [0.4, 0.5) is 17.3 Å². The maximum Gasteiger partial charge on any atom is 0.253 e. The lowest BCUT2D eigenvalue weighted by Gasteiger charge is -2.42. The molecule has 0 radical (unpaired) electrons. The first kappa shape index (κ1) is 27.2. The van der Waals surface area contributed by atoms with E-state index in [1.165, 1.54) is 5.56 Å². The highest BCUT2D eigenvalue weighted by atomic mass is 16.5. The molecule has 1 amide bonds. The molecule has 0 bridgehead atoms. The highest BCUT2D eigenvalue weighted by molar-refractivity contribution is 5.94. The molecule has 2 fully saturated rings. The smallest absolute Gasteiger partial charge is 0.253 e. The van der Waals surface area contributed by atoms with E-state index in [-0.39, 0.29) is 17.6 Å². The summed E-state index contributed by atoms with van der Waals surface area (Å²) in [5.74, 6) is 0.584. The van der Waals surface area contributed by atoms with Gasteiger partial charge in [0.2, 0.25) is 5.95 Å². The largest absolute Gasteiger partial charge is 0.373 e. The van der Waals surface area contributed by atoms with Gasteiger partial charge in [-0.1, -0.05) is 30.3 Å². The van der Waals surface area contributed by atoms with Crippen LogP contribution in [-0.4, -0.2) is 83.7 Å². The minimum Gasteiger partial charge on any atom is -0.373 e. The molecule has 1 N–H and O–H groups in total. The number of hydrogen-bond donors (Lipinski definition) is 1. The van der Waals surface area contributed by atoms with Crippen LogP contribution < -0.4 is 10.2 Å². The Morgan fingerprint density at radius 1 is 0.976 bits per heavy atom. The monoisotopic (exact) mass is 553 g/mol. The molecule has 4 heterocycles. The van der Waals surface area contributed by atoms with Gasteiger partial charge >= 0.3 is 0 Å². The van der Waals surface area contributed by atoms with Crippen molar-refractivity contribution in [2.24, 2.45) is 0 Å². The van der Waals surface area contributed by atoms with Crippen LogP contribution >= 0.6 is 0 Å². The first-order valence-corrected chi connectivity index (χ1v) is 14.5. The molecular formula is C32H39N7O2. The molecule has 6 rings (SSSR count). The van der Waals surface area contributed by atoms with Gasteiger partial charge < -0.3 is 24.8 Å². The maximum absolute atomic E-state index is 13.1. The standard InChI is InChI=1S/C32H39N7O2/c1-36-20-15-27(16-21-36)37(2)30(40)24-11-13-26(14-12-24)33-31-34-29-28(10-7-19-39(29)35-31)38-22-17-32(41-3,18-23-38)25-8-5-4-6-9-25/h4-14,19,27H,15-18,20-23H2,1-3H3,(H,33,35). The van der Waals surface area contributed by atoms with Gasteiger partial charge in [-0.05, 0) is 87.8 Å². The average molecular weight is 554 g/mol. The fourth-order valence-electron chi connectivity index (χ4n) is 6.23. The Morgan fingerprint density at radius 3 is 2.37 bits per heavy atom. The molecule has 4 aromatic rings. The number of carbonyl (C=O) groups excluding carboxylic acids is 1. The van der Waals surface area contributed by atoms with E-state index < -0.39 is 0 Å². The Morgan fingerprint density at radius 2 is 1.68 bits per heavy atom. The van der Waals surface area contributed by atoms with Crippen molar-refractivity contribution in [1.29, 1.82) is 0 Å². The van der Waals surface area contributed by atoms with Crippen LogP contribution in [0.5, 0.6) is 0 Å². The van der Waals surface area contributed by atoms with Gasteiger partial charge in [0.05, 0.1) is 11.3 Å². The molecule has 0 spiro atoms. The molecule has 0 unspecified atom stereocenters. The van der Waals surface area contributed by atoms with Crippen molar-refractivity contribution in [3.63, 3.8) is 0 Å². The quantitative estimate of drug-likeness (QED) is 0.353. The molecule has 0 saturated carbocycles. The number of piperidine rings is 2. The fraction of sp³-hybridized carbons (Fsp3) is 0.406. The zero-order valence-corrected chi connectivity index (χ0v) is 24.2. The van der Waals surface area contributed by atoms with E-state index in [2.05, 4.69) is 57.6 Å². The van der Waals surface area contributed by atoms with Gasteiger partial charge in [0.1, 0.15) is 0 Å². The third-order valence-electron chi connectivity index (χ3n) is 8.89. The van der Waals surface area contributed by atoms with Crippen LogP contribution in [-0.2, 0) is 10.3 Å². The summed E-state index contributed by atoms with van der Waals surface area (Å²) in [5, 5.41) is 7.99. The first-order valence-electron chi connectivity index (χ1n) is 14.5. The average Bonchev–Trinajstić information content (AvgIpc) is 3.44. The molecule has 2 aliphatic heterocycles. The molecule has 2 aromatic heterocycles. The van der Waals surface area contributed by atoms with Gasteiger partial charge in [0.15, 0.2) is 5.65 Å². The number of methoxy groups -OCH3 is 1. The summed E-state index contributed by atoms with van der Waals surface area (Å²) in [5.41, 5.74) is 4.37. The lowest BCUT2D eigenvalue weighted by molar-refractivity contribution is -0.0346. The lowest BCUT2D eigenvalue weighted by Crippen LogP contribution is -2.44. The number of benzene rings is 2. The molecule has 2 aliphatic rings. The topological polar surface area (TPSA) is 78.2 Å². The minimum absolute atomic E-state index is 0.0629. The molecule has 41 heavy (non-hydrogen) atoms. The van der Waals surface area contributed by atoms with Gasteiger partial charge in [0.25, 0.3) is 5.91 Å². The van der Waals surface area contributed by atoms with Gasteiger partial charge in [-0.25, -0.2) is 4.52 Å². The Kier molecular flexibility index (Phi) is 7.64. The van der Waals surface area contributed by atoms with E-state index in [4.69, 9.17) is 9.72 Å². The number of likely N-dealkylation sites (tertiary alicyclic amines) is 1. The number of amides is 1. The van der Waals surface area contributed by atoms with E-state index in [0.29, 0.717) is 11.5 Å². The molecule has 9 heteroatoms. The number of nitrogens with zero attached hydrogens (tertiary/aromatic N) is 6. The zero-order chi connectivity index (χ0) is 28.4. The Hall–Kier alpha value is -3.95. The predicted molar refractivity (Wildman–Crippen MR) is 162 cm³/mol. The Balaban J connectivity index is 1.13. The van der Waals surface area contributed by atoms with Crippen molar-refractivity contribution in [3.05, 3.63) is 84.1 Å². The van der Waals surface area contributed by atoms with Crippen molar-refractivity contribution < 1.29 is 9.53 Å². The van der Waals surface area contributed by atoms with Gasteiger partial charge in [0, 0.05) is 50.7 Å². The number of rotatable bonds is 7. The molecule has 9 nitrogen and oxygen atoms in total. The van der Waals surface area contributed by atoms with Crippen molar-refractivity contribution in [3.8, 4) is 0 Å². The van der Waals surface area contributed by atoms with Crippen molar-refractivity contribution >= 4 is 28.9 Å². The molecule has 0 atom stereocenters. The normalized spacial score (nSPS) is 18.0. The summed E-state index contributed by atoms with van der Waals surface area (Å²) in [6, 6.07) is 22.5. The van der Waals surface area contributed by atoms with Gasteiger partial charge in [-0.15, -0.1) is 5.10 Å². The minimum atomic E-state index is -0.265. The number of nitrogens with one attached hydrogen (secondary N) is 1. The Bertz CT molecular complexity index is 1470. The van der Waals surface area contributed by atoms with E-state index in [1.807, 2.05) is 66.2 Å². The molecule has 2 saturated heterocycles. The highest BCUT2D eigenvalue weighted by Gasteiger charge is 2.36. The molecule has 0 aliphatic carbocycles. The second-order valence-electron chi connectivity index (χ2n) is 11.3. The van der Waals surface area contributed by atoms with Crippen LogP contribution in [0.2, 0.25) is 0 Å². The SMILES string of the molecule is COC1(c2ccccc2)CCN(c2cccn3nc(Nc4ccc(C(=O)N(C)C5CCN(C)CC5)cc4)nc23)CC1. The van der Waals surface area contributed by atoms with Gasteiger partial charge in [-0.3, -0.25) is 4.79 Å². The number of fused-ring (bicyclic) bond motifs is 1. The van der Waals surface area contributed by atoms with Gasteiger partial charge in [-0.2, -0.15) is 4.98 Å². The fourth-order valence-corrected chi connectivity index (χ4v) is 6.23. The van der Waals surface area contributed by atoms with E-state index in [1.54, 1.807) is 0 Å². The number of anilines is 3.